The van der Waals surface area contributed by atoms with Crippen LogP contribution in [0.15, 0.2) is 34.7 Å². The molecule has 1 aliphatic carbocycles. The maximum Gasteiger partial charge on any atom is 0.315 e. The second-order valence-corrected chi connectivity index (χ2v) is 6.74. The molecule has 1 aromatic heterocycles. The van der Waals surface area contributed by atoms with E-state index >= 15 is 0 Å². The SMILES string of the molecule is Cc1ccc(C(C)NC(=O)NC(C)c2ccc3c(c2)CCCC3)o1. The first-order valence-electron chi connectivity index (χ1n) is 8.78. The minimum atomic E-state index is -0.179. The molecule has 1 aliphatic rings. The van der Waals surface area contributed by atoms with Crippen molar-refractivity contribution in [1.82, 2.24) is 10.6 Å². The monoisotopic (exact) mass is 326 g/mol. The summed E-state index contributed by atoms with van der Waals surface area (Å²) in [6, 6.07) is 10.0. The molecule has 2 N–H and O–H groups in total. The molecule has 0 radical (unpaired) electrons. The lowest BCUT2D eigenvalue weighted by molar-refractivity contribution is 0.233. The van der Waals surface area contributed by atoms with Crippen molar-refractivity contribution in [2.75, 3.05) is 0 Å². The van der Waals surface area contributed by atoms with Crippen LogP contribution < -0.4 is 10.6 Å². The summed E-state index contributed by atoms with van der Waals surface area (Å²) in [5.74, 6) is 1.62. The third-order valence-electron chi connectivity index (χ3n) is 4.76. The van der Waals surface area contributed by atoms with Gasteiger partial charge in [-0.15, -0.1) is 0 Å². The second-order valence-electron chi connectivity index (χ2n) is 6.74. The van der Waals surface area contributed by atoms with E-state index in [1.807, 2.05) is 32.9 Å². The van der Waals surface area contributed by atoms with Gasteiger partial charge >= 0.3 is 6.03 Å². The average Bonchev–Trinajstić information content (AvgIpc) is 3.01. The fourth-order valence-corrected chi connectivity index (χ4v) is 3.30. The van der Waals surface area contributed by atoms with Gasteiger partial charge in [0.2, 0.25) is 0 Å². The Morgan fingerprint density at radius 2 is 1.71 bits per heavy atom. The molecule has 4 heteroatoms. The Hall–Kier alpha value is -2.23. The highest BCUT2D eigenvalue weighted by molar-refractivity contribution is 5.74. The van der Waals surface area contributed by atoms with Crippen molar-refractivity contribution in [3.63, 3.8) is 0 Å². The van der Waals surface area contributed by atoms with E-state index in [4.69, 9.17) is 4.42 Å². The van der Waals surface area contributed by atoms with Gasteiger partial charge in [0.05, 0.1) is 12.1 Å². The Kier molecular flexibility index (Phi) is 4.93. The van der Waals surface area contributed by atoms with E-state index in [1.165, 1.54) is 30.4 Å². The molecule has 2 amide bonds. The number of furan rings is 1. The highest BCUT2D eigenvalue weighted by Crippen LogP contribution is 2.25. The predicted molar refractivity (Wildman–Crippen MR) is 95.0 cm³/mol. The van der Waals surface area contributed by atoms with Gasteiger partial charge < -0.3 is 15.1 Å². The van der Waals surface area contributed by atoms with Crippen molar-refractivity contribution in [1.29, 1.82) is 0 Å². The highest BCUT2D eigenvalue weighted by Gasteiger charge is 2.16. The van der Waals surface area contributed by atoms with Crippen molar-refractivity contribution in [3.8, 4) is 0 Å². The molecule has 0 aliphatic heterocycles. The van der Waals surface area contributed by atoms with Gasteiger partial charge in [0.25, 0.3) is 0 Å². The van der Waals surface area contributed by atoms with Crippen LogP contribution in [-0.2, 0) is 12.8 Å². The molecule has 128 valence electrons. The van der Waals surface area contributed by atoms with Crippen LogP contribution in [0.2, 0.25) is 0 Å². The number of fused-ring (bicyclic) bond motifs is 1. The van der Waals surface area contributed by atoms with Crippen molar-refractivity contribution in [2.24, 2.45) is 0 Å². The van der Waals surface area contributed by atoms with Crippen LogP contribution in [0, 0.1) is 6.92 Å². The fraction of sp³-hybridized carbons (Fsp3) is 0.450. The summed E-state index contributed by atoms with van der Waals surface area (Å²) in [6.45, 7) is 5.84. The van der Waals surface area contributed by atoms with Crippen molar-refractivity contribution in [2.45, 2.75) is 58.5 Å². The third-order valence-corrected chi connectivity index (χ3v) is 4.76. The lowest BCUT2D eigenvalue weighted by atomic mass is 9.89. The Balaban J connectivity index is 1.59. The third kappa shape index (κ3) is 3.81. The number of hydrogen-bond donors (Lipinski definition) is 2. The summed E-state index contributed by atoms with van der Waals surface area (Å²) in [7, 11) is 0. The quantitative estimate of drug-likeness (QED) is 0.863. The van der Waals surface area contributed by atoms with Crippen molar-refractivity contribution < 1.29 is 9.21 Å². The van der Waals surface area contributed by atoms with Gasteiger partial charge in [0, 0.05) is 0 Å². The molecule has 2 atom stereocenters. The maximum atomic E-state index is 12.2. The molecule has 2 aromatic rings. The van der Waals surface area contributed by atoms with E-state index in [2.05, 4.69) is 28.8 Å². The van der Waals surface area contributed by atoms with Gasteiger partial charge in [-0.3, -0.25) is 0 Å². The maximum absolute atomic E-state index is 12.2. The van der Waals surface area contributed by atoms with Gasteiger partial charge in [-0.2, -0.15) is 0 Å². The Morgan fingerprint density at radius 3 is 2.42 bits per heavy atom. The van der Waals surface area contributed by atoms with Gasteiger partial charge in [-0.25, -0.2) is 4.79 Å². The summed E-state index contributed by atoms with van der Waals surface area (Å²) < 4.78 is 5.56. The van der Waals surface area contributed by atoms with Gasteiger partial charge in [-0.1, -0.05) is 18.2 Å². The number of benzene rings is 1. The van der Waals surface area contributed by atoms with Gasteiger partial charge in [0.15, 0.2) is 0 Å². The summed E-state index contributed by atoms with van der Waals surface area (Å²) in [6.07, 6.45) is 4.88. The van der Waals surface area contributed by atoms with Gasteiger partial charge in [-0.05, 0) is 75.3 Å². The Bertz CT molecular complexity index is 720. The van der Waals surface area contributed by atoms with Crippen molar-refractivity contribution in [3.05, 3.63) is 58.5 Å². The second kappa shape index (κ2) is 7.12. The van der Waals surface area contributed by atoms with Crippen LogP contribution in [0.5, 0.6) is 0 Å². The minimum Gasteiger partial charge on any atom is -0.464 e. The number of rotatable bonds is 4. The zero-order valence-corrected chi connectivity index (χ0v) is 14.7. The molecule has 2 unspecified atom stereocenters. The molecular formula is C20H26N2O2. The first-order chi connectivity index (χ1) is 11.5. The molecule has 0 fully saturated rings. The number of urea groups is 1. The van der Waals surface area contributed by atoms with Crippen LogP contribution in [-0.4, -0.2) is 6.03 Å². The molecule has 4 nitrogen and oxygen atoms in total. The first kappa shape index (κ1) is 16.6. The normalized spacial score (nSPS) is 16.1. The number of nitrogens with one attached hydrogen (secondary N) is 2. The summed E-state index contributed by atoms with van der Waals surface area (Å²) in [4.78, 5) is 12.2. The average molecular weight is 326 g/mol. The van der Waals surface area contributed by atoms with E-state index in [9.17, 15) is 4.79 Å². The zero-order valence-electron chi connectivity index (χ0n) is 14.7. The fourth-order valence-electron chi connectivity index (χ4n) is 3.30. The van der Waals surface area contributed by atoms with E-state index in [1.54, 1.807) is 0 Å². The highest BCUT2D eigenvalue weighted by atomic mass is 16.3. The van der Waals surface area contributed by atoms with Crippen LogP contribution in [0.4, 0.5) is 4.79 Å². The van der Waals surface area contributed by atoms with E-state index in [-0.39, 0.29) is 18.1 Å². The van der Waals surface area contributed by atoms with Gasteiger partial charge in [0.1, 0.15) is 11.5 Å². The minimum absolute atomic E-state index is 0.0252. The molecule has 0 bridgehead atoms. The summed E-state index contributed by atoms with van der Waals surface area (Å²) in [5, 5.41) is 5.95. The molecular weight excluding hydrogens is 300 g/mol. The molecule has 3 rings (SSSR count). The number of aryl methyl sites for hydroxylation is 3. The zero-order chi connectivity index (χ0) is 17.1. The number of carbonyl (C=O) groups is 1. The largest absolute Gasteiger partial charge is 0.464 e. The smallest absolute Gasteiger partial charge is 0.315 e. The Morgan fingerprint density at radius 1 is 1.00 bits per heavy atom. The summed E-state index contributed by atoms with van der Waals surface area (Å²) >= 11 is 0. The van der Waals surface area contributed by atoms with E-state index in [0.717, 1.165) is 23.5 Å². The van der Waals surface area contributed by atoms with E-state index < -0.39 is 0 Å². The molecule has 0 spiro atoms. The van der Waals surface area contributed by atoms with Crippen molar-refractivity contribution >= 4 is 6.03 Å². The molecule has 24 heavy (non-hydrogen) atoms. The predicted octanol–water partition coefficient (Wildman–Crippen LogP) is 4.59. The summed E-state index contributed by atoms with van der Waals surface area (Å²) in [5.41, 5.74) is 4.06. The topological polar surface area (TPSA) is 54.3 Å². The van der Waals surface area contributed by atoms with Crippen LogP contribution in [0.25, 0.3) is 0 Å². The first-order valence-corrected chi connectivity index (χ1v) is 8.78. The molecule has 1 heterocycles. The molecule has 1 aromatic carbocycles. The number of amides is 2. The Labute approximate surface area is 143 Å². The van der Waals surface area contributed by atoms with E-state index in [0.29, 0.717) is 0 Å². The standard InChI is InChI=1S/C20H26N2O2/c1-13-8-11-19(24-13)15(3)22-20(23)21-14(2)17-10-9-16-6-4-5-7-18(16)12-17/h8-12,14-15H,4-7H2,1-3H3,(H2,21,22,23). The number of carbonyl (C=O) groups excluding carboxylic acids is 1. The molecule has 0 saturated heterocycles. The van der Waals surface area contributed by atoms with Crippen LogP contribution >= 0.6 is 0 Å². The molecule has 0 saturated carbocycles. The number of hydrogen-bond acceptors (Lipinski definition) is 2. The van der Waals surface area contributed by atoms with Crippen LogP contribution in [0.3, 0.4) is 0 Å². The lowest BCUT2D eigenvalue weighted by Crippen LogP contribution is -2.38. The van der Waals surface area contributed by atoms with Crippen LogP contribution in [0.1, 0.15) is 67.0 Å². The lowest BCUT2D eigenvalue weighted by Gasteiger charge is -2.21.